The Morgan fingerprint density at radius 1 is 1.05 bits per heavy atom. The summed E-state index contributed by atoms with van der Waals surface area (Å²) in [6, 6.07) is 3.01. The van der Waals surface area contributed by atoms with Crippen LogP contribution in [0.5, 0.6) is 0 Å². The molecule has 1 aliphatic carbocycles. The first kappa shape index (κ1) is 31.0. The van der Waals surface area contributed by atoms with Crippen molar-refractivity contribution in [3.63, 3.8) is 0 Å². The molecule has 0 radical (unpaired) electrons. The quantitative estimate of drug-likeness (QED) is 0.294. The van der Waals surface area contributed by atoms with Gasteiger partial charge in [-0.15, -0.1) is 5.10 Å². The molecule has 1 amide bonds. The number of tetrazole rings is 1. The van der Waals surface area contributed by atoms with Gasteiger partial charge in [-0.25, -0.2) is 4.98 Å². The number of nitrogens with one attached hydrogen (secondary N) is 2. The molecule has 15 heteroatoms. The van der Waals surface area contributed by atoms with Crippen LogP contribution in [0.1, 0.15) is 71.6 Å². The molecule has 3 aromatic rings. The smallest absolute Gasteiger partial charge is 0.367 e. The average molecular weight is 599 g/mol. The van der Waals surface area contributed by atoms with Crippen molar-refractivity contribution in [2.24, 2.45) is 13.0 Å². The fourth-order valence-corrected chi connectivity index (χ4v) is 5.20. The molecular weight excluding hydrogens is 566 g/mol. The van der Waals surface area contributed by atoms with Gasteiger partial charge >= 0.3 is 12.4 Å². The first-order chi connectivity index (χ1) is 19.7. The SMILES string of the molecule is CNC(=O)c1cnc(NC(C)CC2CCCC2)c(CN(Cc2cc(C(F)(F)F)cc(C(F)(F)F)c2)c2nnn(C)n2)c1. The number of amides is 1. The van der Waals surface area contributed by atoms with Gasteiger partial charge in [0.2, 0.25) is 0 Å². The summed E-state index contributed by atoms with van der Waals surface area (Å²) in [5, 5.41) is 17.8. The summed E-state index contributed by atoms with van der Waals surface area (Å²) in [5.74, 6) is 0.567. The molecule has 9 nitrogen and oxygen atoms in total. The van der Waals surface area contributed by atoms with Gasteiger partial charge in [-0.05, 0) is 54.3 Å². The number of benzene rings is 1. The summed E-state index contributed by atoms with van der Waals surface area (Å²) in [4.78, 5) is 19.4. The topological polar surface area (TPSA) is 101 Å². The van der Waals surface area contributed by atoms with Crippen LogP contribution in [0.3, 0.4) is 0 Å². The molecule has 4 rings (SSSR count). The van der Waals surface area contributed by atoms with Gasteiger partial charge in [0, 0.05) is 37.9 Å². The molecule has 228 valence electrons. The van der Waals surface area contributed by atoms with E-state index < -0.39 is 35.9 Å². The molecule has 1 saturated carbocycles. The van der Waals surface area contributed by atoms with Crippen molar-refractivity contribution >= 4 is 17.7 Å². The summed E-state index contributed by atoms with van der Waals surface area (Å²) in [6.07, 6.45) is -3.02. The number of hydrogen-bond acceptors (Lipinski definition) is 7. The summed E-state index contributed by atoms with van der Waals surface area (Å²) >= 11 is 0. The minimum atomic E-state index is -5.00. The van der Waals surface area contributed by atoms with E-state index in [0.717, 1.165) is 24.1 Å². The van der Waals surface area contributed by atoms with E-state index in [1.807, 2.05) is 6.92 Å². The summed E-state index contributed by atoms with van der Waals surface area (Å²) in [6.45, 7) is 1.50. The van der Waals surface area contributed by atoms with Crippen LogP contribution in [0.25, 0.3) is 0 Å². The third kappa shape index (κ3) is 7.88. The standard InChI is InChI=1S/C27H32F6N8O/c1-16(8-17-6-4-5-7-17)36-23-20(11-19(13-35-23)24(42)34-2)15-41(25-37-39-40(3)38-25)14-18-9-21(26(28,29)30)12-22(10-18)27(31,32)33/h9-13,16-17H,4-8,14-15H2,1-3H3,(H,34,42)(H,35,36). The highest BCUT2D eigenvalue weighted by molar-refractivity contribution is 5.94. The lowest BCUT2D eigenvalue weighted by Gasteiger charge is -2.25. The number of pyridine rings is 1. The van der Waals surface area contributed by atoms with Crippen LogP contribution >= 0.6 is 0 Å². The van der Waals surface area contributed by atoms with Crippen LogP contribution in [0.2, 0.25) is 0 Å². The number of aromatic nitrogens is 5. The zero-order chi connectivity index (χ0) is 30.7. The van der Waals surface area contributed by atoms with E-state index in [1.54, 1.807) is 6.07 Å². The number of nitrogens with zero attached hydrogens (tertiary/aromatic N) is 6. The van der Waals surface area contributed by atoms with Gasteiger partial charge in [0.1, 0.15) is 5.82 Å². The van der Waals surface area contributed by atoms with Crippen LogP contribution in [-0.4, -0.2) is 44.2 Å². The van der Waals surface area contributed by atoms with E-state index in [9.17, 15) is 31.1 Å². The Balaban J connectivity index is 1.72. The van der Waals surface area contributed by atoms with Crippen molar-refractivity contribution in [3.05, 3.63) is 58.3 Å². The van der Waals surface area contributed by atoms with Crippen LogP contribution in [0.4, 0.5) is 38.1 Å². The molecule has 0 bridgehead atoms. The van der Waals surface area contributed by atoms with Crippen molar-refractivity contribution in [2.45, 2.75) is 70.5 Å². The zero-order valence-corrected chi connectivity index (χ0v) is 23.4. The van der Waals surface area contributed by atoms with E-state index in [-0.39, 0.29) is 35.7 Å². The number of carbonyl (C=O) groups excluding carboxylic acids is 1. The van der Waals surface area contributed by atoms with Crippen LogP contribution in [0.15, 0.2) is 30.5 Å². The molecule has 2 aromatic heterocycles. The second-order valence-electron chi connectivity index (χ2n) is 10.6. The number of hydrogen-bond donors (Lipinski definition) is 2. The lowest BCUT2D eigenvalue weighted by atomic mass is 9.99. The molecule has 1 aromatic carbocycles. The Labute approximate surface area is 238 Å². The molecule has 1 unspecified atom stereocenters. The second-order valence-corrected chi connectivity index (χ2v) is 10.6. The highest BCUT2D eigenvalue weighted by Crippen LogP contribution is 2.37. The highest BCUT2D eigenvalue weighted by Gasteiger charge is 2.37. The minimum Gasteiger partial charge on any atom is -0.367 e. The lowest BCUT2D eigenvalue weighted by molar-refractivity contribution is -0.143. The van der Waals surface area contributed by atoms with Crippen LogP contribution in [-0.2, 0) is 32.5 Å². The Kier molecular flexibility index (Phi) is 9.26. The molecule has 42 heavy (non-hydrogen) atoms. The summed E-state index contributed by atoms with van der Waals surface area (Å²) in [5.41, 5.74) is -2.41. The molecule has 1 fully saturated rings. The molecular formula is C27H32F6N8O. The van der Waals surface area contributed by atoms with E-state index >= 15 is 0 Å². The van der Waals surface area contributed by atoms with Crippen LogP contribution < -0.4 is 15.5 Å². The van der Waals surface area contributed by atoms with Gasteiger partial charge in [-0.3, -0.25) is 4.79 Å². The van der Waals surface area contributed by atoms with Gasteiger partial charge in [0.05, 0.1) is 23.7 Å². The summed E-state index contributed by atoms with van der Waals surface area (Å²) < 4.78 is 81.3. The van der Waals surface area contributed by atoms with Crippen molar-refractivity contribution in [2.75, 3.05) is 17.3 Å². The fraction of sp³-hybridized carbons (Fsp3) is 0.519. The predicted molar refractivity (Wildman–Crippen MR) is 142 cm³/mol. The first-order valence-electron chi connectivity index (χ1n) is 13.5. The van der Waals surface area contributed by atoms with Crippen molar-refractivity contribution in [3.8, 4) is 0 Å². The minimum absolute atomic E-state index is 0.0195. The monoisotopic (exact) mass is 598 g/mol. The number of alkyl halides is 6. The number of aryl methyl sites for hydroxylation is 1. The van der Waals surface area contributed by atoms with Crippen molar-refractivity contribution in [1.29, 1.82) is 0 Å². The molecule has 0 saturated heterocycles. The maximum absolute atomic E-state index is 13.5. The van der Waals surface area contributed by atoms with Crippen LogP contribution in [0, 0.1) is 5.92 Å². The number of rotatable bonds is 10. The molecule has 2 heterocycles. The van der Waals surface area contributed by atoms with E-state index in [2.05, 4.69) is 31.0 Å². The zero-order valence-electron chi connectivity index (χ0n) is 23.4. The third-order valence-electron chi connectivity index (χ3n) is 7.16. The predicted octanol–water partition coefficient (Wildman–Crippen LogP) is 5.59. The Morgan fingerprint density at radius 2 is 1.69 bits per heavy atom. The van der Waals surface area contributed by atoms with Crippen molar-refractivity contribution in [1.82, 2.24) is 30.5 Å². The first-order valence-corrected chi connectivity index (χ1v) is 13.5. The largest absolute Gasteiger partial charge is 0.416 e. The van der Waals surface area contributed by atoms with Gasteiger partial charge in [0.15, 0.2) is 0 Å². The number of anilines is 2. The third-order valence-corrected chi connectivity index (χ3v) is 7.16. The fourth-order valence-electron chi connectivity index (χ4n) is 5.20. The highest BCUT2D eigenvalue weighted by atomic mass is 19.4. The Bertz CT molecular complexity index is 1350. The molecule has 2 N–H and O–H groups in total. The molecule has 0 aliphatic heterocycles. The van der Waals surface area contributed by atoms with E-state index in [0.29, 0.717) is 29.4 Å². The Morgan fingerprint density at radius 3 is 2.24 bits per heavy atom. The van der Waals surface area contributed by atoms with Gasteiger partial charge in [-0.1, -0.05) is 30.8 Å². The Hall–Kier alpha value is -3.91. The molecule has 0 spiro atoms. The van der Waals surface area contributed by atoms with E-state index in [4.69, 9.17) is 0 Å². The molecule has 1 aliphatic rings. The maximum Gasteiger partial charge on any atom is 0.416 e. The lowest BCUT2D eigenvalue weighted by Crippen LogP contribution is -2.27. The van der Waals surface area contributed by atoms with Gasteiger partial charge in [0.25, 0.3) is 11.9 Å². The maximum atomic E-state index is 13.5. The average Bonchev–Trinajstić information content (AvgIpc) is 3.59. The number of halogens is 6. The van der Waals surface area contributed by atoms with Crippen molar-refractivity contribution < 1.29 is 31.1 Å². The van der Waals surface area contributed by atoms with Gasteiger partial charge < -0.3 is 15.5 Å². The molecule has 1 atom stereocenters. The van der Waals surface area contributed by atoms with Gasteiger partial charge in [-0.2, -0.15) is 31.1 Å². The second kappa shape index (κ2) is 12.5. The normalized spacial score (nSPS) is 15.1. The van der Waals surface area contributed by atoms with E-state index in [1.165, 1.54) is 38.0 Å². The summed E-state index contributed by atoms with van der Waals surface area (Å²) in [7, 11) is 2.94. The number of carbonyl (C=O) groups is 1.